The van der Waals surface area contributed by atoms with Crippen molar-refractivity contribution in [2.45, 2.75) is 137 Å². The molecule has 0 radical (unpaired) electrons. The summed E-state index contributed by atoms with van der Waals surface area (Å²) in [4.78, 5) is 0. The van der Waals surface area contributed by atoms with Crippen molar-refractivity contribution in [1.82, 2.24) is 0 Å². The van der Waals surface area contributed by atoms with Crippen molar-refractivity contribution in [2.24, 2.45) is 0 Å². The van der Waals surface area contributed by atoms with Crippen molar-refractivity contribution in [3.63, 3.8) is 0 Å². The number of rotatable bonds is 0. The van der Waals surface area contributed by atoms with Crippen LogP contribution in [0.2, 0.25) is 0 Å². The SMILES string of the molecule is Brc1cc2c(Br)cc1CCc1ccc(cc1)CC2.CC.CC.CC.FC(F)(F)c1cc2c(C(F)(F)F)cc1CCc1ccc(cc1)CC2.FC(F)(F)c1cc2ccc1CCc1ccc(cc1)CC2. The minimum atomic E-state index is -4.67. The third-order valence-corrected chi connectivity index (χ3v) is 13.3. The Hall–Kier alpha value is -4.35. The van der Waals surface area contributed by atoms with Gasteiger partial charge in [-0.2, -0.15) is 39.5 Å². The first-order valence-electron chi connectivity index (χ1n) is 23.6. The molecule has 366 valence electrons. The summed E-state index contributed by atoms with van der Waals surface area (Å²) >= 11 is 7.40. The molecule has 12 bridgehead atoms. The average molecular weight is 1080 g/mol. The predicted octanol–water partition coefficient (Wildman–Crippen LogP) is 18.4. The van der Waals surface area contributed by atoms with Gasteiger partial charge < -0.3 is 0 Å². The first-order chi connectivity index (χ1) is 32.4. The van der Waals surface area contributed by atoms with E-state index >= 15 is 0 Å². The first-order valence-corrected chi connectivity index (χ1v) is 25.2. The maximum atomic E-state index is 13.3. The van der Waals surface area contributed by atoms with Gasteiger partial charge in [-0.05, 0) is 174 Å². The fourth-order valence-electron chi connectivity index (χ4n) is 8.21. The Morgan fingerprint density at radius 2 is 0.485 bits per heavy atom. The van der Waals surface area contributed by atoms with Gasteiger partial charge in [0, 0.05) is 8.95 Å². The van der Waals surface area contributed by atoms with Crippen LogP contribution in [0.25, 0.3) is 0 Å². The van der Waals surface area contributed by atoms with E-state index in [-0.39, 0.29) is 36.8 Å². The fourth-order valence-corrected chi connectivity index (χ4v) is 9.38. The molecule has 0 unspecified atom stereocenters. The number of benzene rings is 6. The second-order valence-electron chi connectivity index (χ2n) is 16.1. The minimum Gasteiger partial charge on any atom is -0.166 e. The van der Waals surface area contributed by atoms with Crippen LogP contribution in [0.5, 0.6) is 0 Å². The average Bonchev–Trinajstić information content (AvgIpc) is 3.31. The molecule has 12 aliphatic carbocycles. The first kappa shape index (κ1) is 56.2. The molecule has 11 heteroatoms. The van der Waals surface area contributed by atoms with Crippen LogP contribution in [0.4, 0.5) is 39.5 Å². The zero-order valence-electron chi connectivity index (χ0n) is 39.6. The summed E-state index contributed by atoms with van der Waals surface area (Å²) in [6.45, 7) is 12.0. The zero-order valence-corrected chi connectivity index (χ0v) is 42.8. The Labute approximate surface area is 414 Å². The molecule has 0 amide bonds. The Balaban J connectivity index is 0.000000212. The molecule has 18 rings (SSSR count). The third kappa shape index (κ3) is 16.1. The molecule has 0 saturated heterocycles. The Morgan fingerprint density at radius 3 is 0.779 bits per heavy atom. The molecule has 6 aromatic carbocycles. The molecule has 68 heavy (non-hydrogen) atoms. The van der Waals surface area contributed by atoms with Gasteiger partial charge in [0.15, 0.2) is 0 Å². The highest BCUT2D eigenvalue weighted by Gasteiger charge is 2.39. The van der Waals surface area contributed by atoms with Crippen LogP contribution < -0.4 is 0 Å². The minimum absolute atomic E-state index is 0.0858. The standard InChI is InChI=1S/C18H14F6.C17H15F3.C16H14Br2.3C2H6/c19-17(20,21)15-10-14-8-6-12-2-1-11(3-4-12)5-7-13(15)9-16(14)18(22,23)24;18-17(19,20)16-11-14-6-5-12-1-3-13(4-2-12)7-9-15(16)10-8-14;17-15-10-14-8-6-12-2-1-11(3-4-12)5-7-13(15)9-16(14)18;3*1-2/h1-4,9-10H,5-8H2;1-4,8,10-11H,5-7,9H2;1-4,9-10H,5-8H2;3*1-2H3. The monoisotopic (exact) mass is 1070 g/mol. The Kier molecular flexibility index (Phi) is 21.5. The number of aryl methyl sites for hydroxylation is 12. The van der Waals surface area contributed by atoms with Crippen LogP contribution in [0.15, 0.2) is 124 Å². The molecular weight excluding hydrogens is 1020 g/mol. The summed E-state index contributed by atoms with van der Waals surface area (Å²) in [6, 6.07) is 35.3. The van der Waals surface area contributed by atoms with Crippen LogP contribution in [0.1, 0.15) is 125 Å². The molecule has 0 spiro atoms. The van der Waals surface area contributed by atoms with Gasteiger partial charge in [0.2, 0.25) is 0 Å². The topological polar surface area (TPSA) is 0 Å². The summed E-state index contributed by atoms with van der Waals surface area (Å²) in [5, 5.41) is 0. The van der Waals surface area contributed by atoms with Crippen LogP contribution in [-0.4, -0.2) is 0 Å². The lowest BCUT2D eigenvalue weighted by Gasteiger charge is -2.21. The van der Waals surface area contributed by atoms with Crippen molar-refractivity contribution in [3.05, 3.63) is 208 Å². The molecule has 0 heterocycles. The van der Waals surface area contributed by atoms with Gasteiger partial charge in [0.05, 0.1) is 16.7 Å². The van der Waals surface area contributed by atoms with Crippen LogP contribution in [0.3, 0.4) is 0 Å². The van der Waals surface area contributed by atoms with E-state index in [9.17, 15) is 39.5 Å². The number of hydrogen-bond donors (Lipinski definition) is 0. The summed E-state index contributed by atoms with van der Waals surface area (Å²) in [5.41, 5.74) is 7.66. The maximum Gasteiger partial charge on any atom is 0.416 e. The lowest BCUT2D eigenvalue weighted by atomic mass is 9.89. The second kappa shape index (κ2) is 26.0. The van der Waals surface area contributed by atoms with Gasteiger partial charge in [-0.25, -0.2) is 0 Å². The highest BCUT2D eigenvalue weighted by Crippen LogP contribution is 2.40. The largest absolute Gasteiger partial charge is 0.416 e. The molecule has 0 saturated carbocycles. The van der Waals surface area contributed by atoms with Gasteiger partial charge in [0.25, 0.3) is 0 Å². The van der Waals surface area contributed by atoms with Crippen LogP contribution in [0, 0.1) is 0 Å². The van der Waals surface area contributed by atoms with E-state index in [0.29, 0.717) is 37.0 Å². The summed E-state index contributed by atoms with van der Waals surface area (Å²) in [6.07, 6.45) is -6.39. The van der Waals surface area contributed by atoms with E-state index in [1.165, 1.54) is 42.8 Å². The molecular formula is C57H61Br2F9. The second-order valence-corrected chi connectivity index (χ2v) is 17.8. The molecule has 0 fully saturated rings. The third-order valence-electron chi connectivity index (χ3n) is 11.8. The molecule has 0 aromatic heterocycles. The van der Waals surface area contributed by atoms with Crippen molar-refractivity contribution >= 4 is 31.9 Å². The van der Waals surface area contributed by atoms with E-state index in [1.807, 2.05) is 84.0 Å². The molecule has 0 atom stereocenters. The summed E-state index contributed by atoms with van der Waals surface area (Å²) < 4.78 is 122. The fraction of sp³-hybridized carbons (Fsp3) is 0.368. The van der Waals surface area contributed by atoms with Gasteiger partial charge >= 0.3 is 18.5 Å². The predicted molar refractivity (Wildman–Crippen MR) is 268 cm³/mol. The van der Waals surface area contributed by atoms with Gasteiger partial charge in [-0.3, -0.25) is 0 Å². The van der Waals surface area contributed by atoms with Crippen LogP contribution in [-0.2, 0) is 95.6 Å². The van der Waals surface area contributed by atoms with E-state index in [4.69, 9.17) is 0 Å². The van der Waals surface area contributed by atoms with Crippen molar-refractivity contribution in [1.29, 1.82) is 0 Å². The quantitative estimate of drug-likeness (QED) is 0.133. The molecule has 6 aromatic rings. The van der Waals surface area contributed by atoms with Gasteiger partial charge in [0.1, 0.15) is 0 Å². The molecule has 0 nitrogen and oxygen atoms in total. The number of halogens is 11. The zero-order chi connectivity index (χ0) is 50.2. The number of hydrogen-bond acceptors (Lipinski definition) is 0. The van der Waals surface area contributed by atoms with Crippen LogP contribution >= 0.6 is 31.9 Å². The highest BCUT2D eigenvalue weighted by molar-refractivity contribution is 9.11. The van der Waals surface area contributed by atoms with Crippen molar-refractivity contribution < 1.29 is 39.5 Å². The number of alkyl halides is 9. The van der Waals surface area contributed by atoms with Gasteiger partial charge in [-0.15, -0.1) is 0 Å². The lowest BCUT2D eigenvalue weighted by molar-refractivity contribution is -0.142. The van der Waals surface area contributed by atoms with Crippen molar-refractivity contribution in [2.75, 3.05) is 0 Å². The normalized spacial score (nSPS) is 13.8. The van der Waals surface area contributed by atoms with E-state index < -0.39 is 35.2 Å². The molecule has 0 N–H and O–H groups in total. The molecule has 0 aliphatic heterocycles. The Morgan fingerprint density at radius 1 is 0.265 bits per heavy atom. The summed E-state index contributed by atoms with van der Waals surface area (Å²) in [7, 11) is 0. The smallest absolute Gasteiger partial charge is 0.166 e. The lowest BCUT2D eigenvalue weighted by Crippen LogP contribution is -2.17. The van der Waals surface area contributed by atoms with E-state index in [2.05, 4.69) is 80.4 Å². The summed E-state index contributed by atoms with van der Waals surface area (Å²) in [5.74, 6) is 0. The van der Waals surface area contributed by atoms with Crippen molar-refractivity contribution in [3.8, 4) is 0 Å². The maximum absolute atomic E-state index is 13.3. The van der Waals surface area contributed by atoms with E-state index in [1.54, 1.807) is 6.07 Å². The highest BCUT2D eigenvalue weighted by atomic mass is 79.9. The van der Waals surface area contributed by atoms with E-state index in [0.717, 1.165) is 54.4 Å². The van der Waals surface area contributed by atoms with Gasteiger partial charge in [-0.1, -0.05) is 158 Å². The molecule has 12 aliphatic rings. The Bertz CT molecular complexity index is 2360.